The molecule has 0 saturated carbocycles. The topological polar surface area (TPSA) is 6.48 Å². The smallest absolute Gasteiger partial charge is 0.0557 e. The van der Waals surface area contributed by atoms with Crippen LogP contribution in [-0.4, -0.2) is 37.1 Å². The average molecular weight is 244 g/mol. The van der Waals surface area contributed by atoms with Gasteiger partial charge in [-0.05, 0) is 51.9 Å². The average Bonchev–Trinajstić information content (AvgIpc) is 2.28. The summed E-state index contributed by atoms with van der Waals surface area (Å²) in [6.45, 7) is 8.11. The van der Waals surface area contributed by atoms with Gasteiger partial charge < -0.3 is 4.90 Å². The Morgan fingerprint density at radius 3 is 2.56 bits per heavy atom. The minimum Gasteiger partial charge on any atom is -0.367 e. The van der Waals surface area contributed by atoms with Crippen molar-refractivity contribution in [2.45, 2.75) is 38.6 Å². The van der Waals surface area contributed by atoms with Gasteiger partial charge in [0.25, 0.3) is 0 Å². The second kappa shape index (κ2) is 4.27. The van der Waals surface area contributed by atoms with Crippen molar-refractivity contribution in [3.63, 3.8) is 0 Å². The van der Waals surface area contributed by atoms with E-state index >= 15 is 0 Å². The van der Waals surface area contributed by atoms with Crippen LogP contribution in [0.2, 0.25) is 0 Å². The van der Waals surface area contributed by atoms with Crippen LogP contribution in [0.4, 0.5) is 5.69 Å². The van der Waals surface area contributed by atoms with Crippen molar-refractivity contribution in [1.82, 2.24) is 4.90 Å². The number of hydrogen-bond donors (Lipinski definition) is 0. The highest BCUT2D eigenvalue weighted by molar-refractivity contribution is 5.57. The lowest BCUT2D eigenvalue weighted by molar-refractivity contribution is 0.0458. The first kappa shape index (κ1) is 12.0. The zero-order chi connectivity index (χ0) is 12.8. The van der Waals surface area contributed by atoms with Crippen LogP contribution in [0, 0.1) is 13.8 Å². The number of benzene rings is 1. The molecule has 0 aliphatic carbocycles. The number of likely N-dealkylation sites (N-methyl/N-ethyl adjacent to an activating group) is 1. The Labute approximate surface area is 111 Å². The van der Waals surface area contributed by atoms with Gasteiger partial charge in [0.1, 0.15) is 0 Å². The molecule has 0 unspecified atom stereocenters. The molecule has 1 spiro atoms. The van der Waals surface area contributed by atoms with E-state index in [-0.39, 0.29) is 0 Å². The molecule has 0 atom stereocenters. The summed E-state index contributed by atoms with van der Waals surface area (Å²) in [5.41, 5.74) is 4.70. The van der Waals surface area contributed by atoms with Crippen molar-refractivity contribution >= 4 is 5.69 Å². The molecule has 0 bridgehead atoms. The van der Waals surface area contributed by atoms with Crippen LogP contribution in [-0.2, 0) is 0 Å². The van der Waals surface area contributed by atoms with E-state index < -0.39 is 0 Å². The predicted octanol–water partition coefficient (Wildman–Crippen LogP) is 2.98. The minimum absolute atomic E-state index is 0.482. The fraction of sp³-hybridized carbons (Fsp3) is 0.625. The second-order valence-corrected chi connectivity index (χ2v) is 6.25. The quantitative estimate of drug-likeness (QED) is 0.749. The number of hydrogen-bond acceptors (Lipinski definition) is 2. The third kappa shape index (κ3) is 1.83. The van der Waals surface area contributed by atoms with Crippen LogP contribution in [0.15, 0.2) is 18.2 Å². The van der Waals surface area contributed by atoms with Crippen molar-refractivity contribution < 1.29 is 0 Å². The van der Waals surface area contributed by atoms with Crippen molar-refractivity contribution in [3.05, 3.63) is 29.3 Å². The first-order valence-corrected chi connectivity index (χ1v) is 7.14. The van der Waals surface area contributed by atoms with Gasteiger partial charge in [0.2, 0.25) is 0 Å². The van der Waals surface area contributed by atoms with E-state index in [0.29, 0.717) is 5.54 Å². The summed E-state index contributed by atoms with van der Waals surface area (Å²) >= 11 is 0. The molecule has 2 aliphatic heterocycles. The minimum atomic E-state index is 0.482. The molecule has 2 heteroatoms. The van der Waals surface area contributed by atoms with Crippen LogP contribution in [0.3, 0.4) is 0 Å². The summed E-state index contributed by atoms with van der Waals surface area (Å²) in [5, 5.41) is 0. The van der Waals surface area contributed by atoms with Gasteiger partial charge in [0.05, 0.1) is 5.54 Å². The van der Waals surface area contributed by atoms with Crippen LogP contribution in [0.25, 0.3) is 0 Å². The van der Waals surface area contributed by atoms with Gasteiger partial charge in [-0.15, -0.1) is 0 Å². The zero-order valence-corrected chi connectivity index (χ0v) is 11.9. The molecule has 18 heavy (non-hydrogen) atoms. The lowest BCUT2D eigenvalue weighted by Gasteiger charge is -2.58. The second-order valence-electron chi connectivity index (χ2n) is 6.25. The molecule has 2 fully saturated rings. The van der Waals surface area contributed by atoms with Crippen LogP contribution in [0.1, 0.15) is 30.4 Å². The third-order valence-corrected chi connectivity index (χ3v) is 4.86. The molecule has 2 aliphatic rings. The molecule has 0 N–H and O–H groups in total. The molecule has 1 aromatic carbocycles. The van der Waals surface area contributed by atoms with E-state index in [0.717, 1.165) is 0 Å². The molecule has 0 amide bonds. The molecular formula is C16H24N2. The van der Waals surface area contributed by atoms with Gasteiger partial charge in [-0.1, -0.05) is 24.1 Å². The molecule has 1 aromatic rings. The highest BCUT2D eigenvalue weighted by Crippen LogP contribution is 2.39. The summed E-state index contributed by atoms with van der Waals surface area (Å²) in [7, 11) is 2.30. The Bertz CT molecular complexity index is 446. The van der Waals surface area contributed by atoms with Crippen molar-refractivity contribution in [1.29, 1.82) is 0 Å². The van der Waals surface area contributed by atoms with E-state index in [9.17, 15) is 0 Å². The van der Waals surface area contributed by atoms with Crippen molar-refractivity contribution in [2.24, 2.45) is 0 Å². The number of aryl methyl sites for hydroxylation is 2. The summed E-state index contributed by atoms with van der Waals surface area (Å²) in [4.78, 5) is 5.15. The molecule has 0 aromatic heterocycles. The molecule has 2 heterocycles. The van der Waals surface area contributed by atoms with Crippen LogP contribution >= 0.6 is 0 Å². The molecule has 0 radical (unpaired) electrons. The number of likely N-dealkylation sites (tertiary alicyclic amines) is 1. The first-order valence-electron chi connectivity index (χ1n) is 7.14. The molecule has 2 nitrogen and oxygen atoms in total. The standard InChI is InChI=1S/C16H24N2/c1-13-6-7-15(14(2)10-13)18-11-16(12-18)8-4-5-9-17(16)3/h6-7,10H,4-5,8-9,11-12H2,1-3H3. The van der Waals surface area contributed by atoms with Crippen molar-refractivity contribution in [3.8, 4) is 0 Å². The van der Waals surface area contributed by atoms with Crippen molar-refractivity contribution in [2.75, 3.05) is 31.6 Å². The highest BCUT2D eigenvalue weighted by Gasteiger charge is 2.47. The van der Waals surface area contributed by atoms with Gasteiger partial charge in [0, 0.05) is 18.8 Å². The van der Waals surface area contributed by atoms with E-state index in [2.05, 4.69) is 48.9 Å². The lowest BCUT2D eigenvalue weighted by Crippen LogP contribution is -2.70. The van der Waals surface area contributed by atoms with Gasteiger partial charge in [0.15, 0.2) is 0 Å². The number of anilines is 1. The summed E-state index contributed by atoms with van der Waals surface area (Å²) < 4.78 is 0. The lowest BCUT2D eigenvalue weighted by atomic mass is 9.79. The SMILES string of the molecule is Cc1ccc(N2CC3(CCCCN3C)C2)c(C)c1. The highest BCUT2D eigenvalue weighted by atomic mass is 15.3. The fourth-order valence-electron chi connectivity index (χ4n) is 3.63. The molecule has 3 rings (SSSR count). The van der Waals surface area contributed by atoms with Gasteiger partial charge in [-0.25, -0.2) is 0 Å². The first-order chi connectivity index (χ1) is 8.61. The third-order valence-electron chi connectivity index (χ3n) is 4.86. The van der Waals surface area contributed by atoms with Gasteiger partial charge in [-0.3, -0.25) is 4.90 Å². The maximum Gasteiger partial charge on any atom is 0.0557 e. The summed E-state index contributed by atoms with van der Waals surface area (Å²) in [6, 6.07) is 6.82. The Morgan fingerprint density at radius 2 is 1.89 bits per heavy atom. The molecule has 2 saturated heterocycles. The van der Waals surface area contributed by atoms with Gasteiger partial charge >= 0.3 is 0 Å². The fourth-order valence-corrected chi connectivity index (χ4v) is 3.63. The zero-order valence-electron chi connectivity index (χ0n) is 11.9. The van der Waals surface area contributed by atoms with E-state index in [1.54, 1.807) is 0 Å². The number of rotatable bonds is 1. The number of nitrogens with zero attached hydrogens (tertiary/aromatic N) is 2. The Kier molecular flexibility index (Phi) is 2.86. The Hall–Kier alpha value is -1.02. The predicted molar refractivity (Wildman–Crippen MR) is 77.3 cm³/mol. The normalized spacial score (nSPS) is 23.2. The summed E-state index contributed by atoms with van der Waals surface area (Å²) in [6.07, 6.45) is 4.16. The Balaban J connectivity index is 1.74. The van der Waals surface area contributed by atoms with Crippen LogP contribution in [0.5, 0.6) is 0 Å². The monoisotopic (exact) mass is 244 g/mol. The largest absolute Gasteiger partial charge is 0.367 e. The van der Waals surface area contributed by atoms with E-state index in [1.807, 2.05) is 0 Å². The van der Waals surface area contributed by atoms with E-state index in [4.69, 9.17) is 0 Å². The molecular weight excluding hydrogens is 220 g/mol. The summed E-state index contributed by atoms with van der Waals surface area (Å²) in [5.74, 6) is 0. The van der Waals surface area contributed by atoms with Gasteiger partial charge in [-0.2, -0.15) is 0 Å². The maximum absolute atomic E-state index is 2.59. The Morgan fingerprint density at radius 1 is 1.11 bits per heavy atom. The number of piperidine rings is 1. The maximum atomic E-state index is 2.59. The van der Waals surface area contributed by atoms with E-state index in [1.165, 1.54) is 55.7 Å². The molecule has 98 valence electrons. The van der Waals surface area contributed by atoms with Crippen LogP contribution < -0.4 is 4.90 Å².